The third-order valence-corrected chi connectivity index (χ3v) is 3.00. The van der Waals surface area contributed by atoms with Crippen molar-refractivity contribution in [2.24, 2.45) is 0 Å². The van der Waals surface area contributed by atoms with Gasteiger partial charge in [0.1, 0.15) is 0 Å². The van der Waals surface area contributed by atoms with Gasteiger partial charge in [0.2, 0.25) is 0 Å². The van der Waals surface area contributed by atoms with Crippen LogP contribution in [0.1, 0.15) is 6.92 Å². The van der Waals surface area contributed by atoms with Crippen LogP contribution >= 0.6 is 0 Å². The molecule has 0 spiro atoms. The number of benzene rings is 1. The molecule has 0 aliphatic carbocycles. The van der Waals surface area contributed by atoms with Crippen LogP contribution < -0.4 is 20.1 Å². The highest BCUT2D eigenvalue weighted by molar-refractivity contribution is 5.74. The van der Waals surface area contributed by atoms with E-state index in [1.165, 1.54) is 0 Å². The summed E-state index contributed by atoms with van der Waals surface area (Å²) in [6.45, 7) is 5.74. The maximum absolute atomic E-state index is 11.9. The quantitative estimate of drug-likeness (QED) is 0.791. The first-order chi connectivity index (χ1) is 9.81. The van der Waals surface area contributed by atoms with Gasteiger partial charge in [-0.25, -0.2) is 4.79 Å². The number of urea groups is 1. The molecule has 6 nitrogen and oxygen atoms in total. The van der Waals surface area contributed by atoms with Crippen LogP contribution in [0, 0.1) is 0 Å². The van der Waals surface area contributed by atoms with Crippen LogP contribution in [0.3, 0.4) is 0 Å². The van der Waals surface area contributed by atoms with Crippen molar-refractivity contribution < 1.29 is 14.3 Å². The van der Waals surface area contributed by atoms with Crippen LogP contribution in [0.5, 0.6) is 11.5 Å². The SMILES string of the molecule is CCOc1ccccc1OCNC(=O)N1CCNCC1. The zero-order valence-electron chi connectivity index (χ0n) is 11.7. The number of ether oxygens (including phenoxy) is 2. The van der Waals surface area contributed by atoms with Gasteiger partial charge in [-0.2, -0.15) is 0 Å². The number of piperazine rings is 1. The molecule has 0 aromatic heterocycles. The highest BCUT2D eigenvalue weighted by Gasteiger charge is 2.15. The second kappa shape index (κ2) is 7.59. The number of rotatable bonds is 5. The van der Waals surface area contributed by atoms with Crippen LogP contribution in [0.4, 0.5) is 4.79 Å². The van der Waals surface area contributed by atoms with Crippen molar-refractivity contribution in [1.82, 2.24) is 15.5 Å². The Morgan fingerprint density at radius 2 is 1.90 bits per heavy atom. The molecule has 2 N–H and O–H groups in total. The van der Waals surface area contributed by atoms with E-state index in [1.807, 2.05) is 31.2 Å². The fourth-order valence-corrected chi connectivity index (χ4v) is 2.00. The van der Waals surface area contributed by atoms with E-state index in [1.54, 1.807) is 4.90 Å². The third-order valence-electron chi connectivity index (χ3n) is 3.00. The Morgan fingerprint density at radius 1 is 1.25 bits per heavy atom. The van der Waals surface area contributed by atoms with Crippen LogP contribution in [-0.4, -0.2) is 50.4 Å². The maximum atomic E-state index is 11.9. The van der Waals surface area contributed by atoms with Crippen molar-refractivity contribution in [1.29, 1.82) is 0 Å². The van der Waals surface area contributed by atoms with Crippen LogP contribution in [0.2, 0.25) is 0 Å². The van der Waals surface area contributed by atoms with Gasteiger partial charge < -0.3 is 25.0 Å². The van der Waals surface area contributed by atoms with E-state index in [0.717, 1.165) is 26.2 Å². The molecule has 0 bridgehead atoms. The zero-order valence-corrected chi connectivity index (χ0v) is 11.7. The van der Waals surface area contributed by atoms with E-state index < -0.39 is 0 Å². The monoisotopic (exact) mass is 279 g/mol. The largest absolute Gasteiger partial charge is 0.490 e. The van der Waals surface area contributed by atoms with Gasteiger partial charge >= 0.3 is 6.03 Å². The summed E-state index contributed by atoms with van der Waals surface area (Å²) < 4.78 is 11.0. The molecule has 1 heterocycles. The van der Waals surface area contributed by atoms with Crippen molar-refractivity contribution in [3.8, 4) is 11.5 Å². The predicted octanol–water partition coefficient (Wildman–Crippen LogP) is 1.04. The van der Waals surface area contributed by atoms with Gasteiger partial charge in [-0.3, -0.25) is 0 Å². The van der Waals surface area contributed by atoms with E-state index in [2.05, 4.69) is 10.6 Å². The molecule has 1 aliphatic heterocycles. The molecular formula is C14H21N3O3. The second-order valence-electron chi connectivity index (χ2n) is 4.39. The Bertz CT molecular complexity index is 433. The highest BCUT2D eigenvalue weighted by Crippen LogP contribution is 2.25. The van der Waals surface area contributed by atoms with Gasteiger partial charge in [-0.15, -0.1) is 0 Å². The number of carbonyl (C=O) groups excluding carboxylic acids is 1. The van der Waals surface area contributed by atoms with Crippen LogP contribution in [-0.2, 0) is 0 Å². The summed E-state index contributed by atoms with van der Waals surface area (Å²) in [5, 5.41) is 5.96. The van der Waals surface area contributed by atoms with E-state index >= 15 is 0 Å². The number of para-hydroxylation sites is 2. The first-order valence-corrected chi connectivity index (χ1v) is 6.89. The molecule has 2 rings (SSSR count). The first-order valence-electron chi connectivity index (χ1n) is 6.89. The fourth-order valence-electron chi connectivity index (χ4n) is 2.00. The lowest BCUT2D eigenvalue weighted by Gasteiger charge is -2.27. The Hall–Kier alpha value is -1.95. The van der Waals surface area contributed by atoms with E-state index in [0.29, 0.717) is 18.1 Å². The van der Waals surface area contributed by atoms with Gasteiger partial charge in [-0.1, -0.05) is 12.1 Å². The summed E-state index contributed by atoms with van der Waals surface area (Å²) in [6, 6.07) is 7.33. The Labute approximate surface area is 119 Å². The summed E-state index contributed by atoms with van der Waals surface area (Å²) in [7, 11) is 0. The van der Waals surface area contributed by atoms with Crippen LogP contribution in [0.15, 0.2) is 24.3 Å². The first kappa shape index (κ1) is 14.5. The minimum atomic E-state index is -0.0969. The van der Waals surface area contributed by atoms with Crippen LogP contribution in [0.25, 0.3) is 0 Å². The Kier molecular flexibility index (Phi) is 5.49. The summed E-state index contributed by atoms with van der Waals surface area (Å²) in [4.78, 5) is 13.6. The molecule has 0 atom stereocenters. The lowest BCUT2D eigenvalue weighted by molar-refractivity contribution is 0.176. The van der Waals surface area contributed by atoms with Crippen molar-refractivity contribution in [2.45, 2.75) is 6.92 Å². The highest BCUT2D eigenvalue weighted by atomic mass is 16.5. The van der Waals surface area contributed by atoms with Crippen molar-refractivity contribution in [3.05, 3.63) is 24.3 Å². The average Bonchev–Trinajstić information content (AvgIpc) is 2.50. The molecule has 1 aliphatic rings. The molecule has 6 heteroatoms. The van der Waals surface area contributed by atoms with E-state index in [9.17, 15) is 4.79 Å². The topological polar surface area (TPSA) is 62.8 Å². The van der Waals surface area contributed by atoms with Crippen molar-refractivity contribution in [3.63, 3.8) is 0 Å². The van der Waals surface area contributed by atoms with Crippen molar-refractivity contribution >= 4 is 6.03 Å². The smallest absolute Gasteiger partial charge is 0.320 e. The van der Waals surface area contributed by atoms with Gasteiger partial charge in [0.05, 0.1) is 6.61 Å². The maximum Gasteiger partial charge on any atom is 0.320 e. The van der Waals surface area contributed by atoms with Gasteiger partial charge in [-0.05, 0) is 19.1 Å². The average molecular weight is 279 g/mol. The zero-order chi connectivity index (χ0) is 14.2. The number of nitrogens with one attached hydrogen (secondary N) is 2. The van der Waals surface area contributed by atoms with Gasteiger partial charge in [0.25, 0.3) is 0 Å². The van der Waals surface area contributed by atoms with Gasteiger partial charge in [0, 0.05) is 26.2 Å². The molecule has 0 saturated carbocycles. The lowest BCUT2D eigenvalue weighted by atomic mass is 10.3. The normalized spacial score (nSPS) is 14.8. The minimum absolute atomic E-state index is 0.0969. The Morgan fingerprint density at radius 3 is 2.55 bits per heavy atom. The number of hydrogen-bond acceptors (Lipinski definition) is 4. The van der Waals surface area contributed by atoms with E-state index in [-0.39, 0.29) is 12.8 Å². The molecule has 1 fully saturated rings. The molecule has 0 radical (unpaired) electrons. The van der Waals surface area contributed by atoms with Gasteiger partial charge in [0.15, 0.2) is 18.2 Å². The predicted molar refractivity (Wildman–Crippen MR) is 76.1 cm³/mol. The molecular weight excluding hydrogens is 258 g/mol. The summed E-state index contributed by atoms with van der Waals surface area (Å²) in [5.74, 6) is 1.32. The number of hydrogen-bond donors (Lipinski definition) is 2. The summed E-state index contributed by atoms with van der Waals surface area (Å²) >= 11 is 0. The molecule has 110 valence electrons. The molecule has 1 saturated heterocycles. The molecule has 0 unspecified atom stereocenters. The fraction of sp³-hybridized carbons (Fsp3) is 0.500. The molecule has 20 heavy (non-hydrogen) atoms. The lowest BCUT2D eigenvalue weighted by Crippen LogP contribution is -2.50. The molecule has 2 amide bonds. The van der Waals surface area contributed by atoms with E-state index in [4.69, 9.17) is 9.47 Å². The third kappa shape index (κ3) is 4.03. The minimum Gasteiger partial charge on any atom is -0.490 e. The summed E-state index contributed by atoms with van der Waals surface area (Å²) in [5.41, 5.74) is 0. The Balaban J connectivity index is 1.79. The second-order valence-corrected chi connectivity index (χ2v) is 4.39. The number of carbonyl (C=O) groups is 1. The van der Waals surface area contributed by atoms with Crippen molar-refractivity contribution in [2.75, 3.05) is 39.5 Å². The summed E-state index contributed by atoms with van der Waals surface area (Å²) in [6.07, 6.45) is 0. The number of amides is 2. The number of nitrogens with zero attached hydrogens (tertiary/aromatic N) is 1. The molecule has 1 aromatic rings. The standard InChI is InChI=1S/C14H21N3O3/c1-2-19-12-5-3-4-6-13(12)20-11-16-14(18)17-9-7-15-8-10-17/h3-6,15H,2,7-11H2,1H3,(H,16,18). The molecule has 1 aromatic carbocycles.